The van der Waals surface area contributed by atoms with E-state index >= 15 is 0 Å². The molecule has 0 aromatic heterocycles. The Balaban J connectivity index is 2.11. The van der Waals surface area contributed by atoms with Crippen molar-refractivity contribution in [2.24, 2.45) is 0 Å². The lowest BCUT2D eigenvalue weighted by molar-refractivity contribution is 0.0698. The zero-order chi connectivity index (χ0) is 13.1. The second kappa shape index (κ2) is 5.27. The van der Waals surface area contributed by atoms with Crippen LogP contribution >= 0.6 is 11.6 Å². The average Bonchev–Trinajstić information content (AvgIpc) is 2.26. The van der Waals surface area contributed by atoms with Crippen molar-refractivity contribution in [3.8, 4) is 0 Å². The van der Waals surface area contributed by atoms with Gasteiger partial charge < -0.3 is 15.7 Å². The van der Waals surface area contributed by atoms with Gasteiger partial charge in [0.15, 0.2) is 0 Å². The number of carbonyl (C=O) groups excluding carboxylic acids is 1. The molecule has 0 spiro atoms. The topological polar surface area (TPSA) is 78.4 Å². The van der Waals surface area contributed by atoms with Gasteiger partial charge in [0.25, 0.3) is 0 Å². The van der Waals surface area contributed by atoms with E-state index in [0.717, 1.165) is 19.3 Å². The van der Waals surface area contributed by atoms with Gasteiger partial charge in [-0.25, -0.2) is 9.59 Å². The number of hydrogen-bond acceptors (Lipinski definition) is 2. The molecule has 6 heteroatoms. The first-order valence-electron chi connectivity index (χ1n) is 5.67. The summed E-state index contributed by atoms with van der Waals surface area (Å²) in [5, 5.41) is 14.5. The first kappa shape index (κ1) is 12.7. The van der Waals surface area contributed by atoms with Crippen LogP contribution < -0.4 is 10.6 Å². The highest BCUT2D eigenvalue weighted by Crippen LogP contribution is 2.26. The van der Waals surface area contributed by atoms with Gasteiger partial charge in [0.2, 0.25) is 0 Å². The molecule has 0 aliphatic heterocycles. The molecule has 0 radical (unpaired) electrons. The molecule has 0 heterocycles. The van der Waals surface area contributed by atoms with Crippen molar-refractivity contribution in [1.29, 1.82) is 0 Å². The molecule has 1 aliphatic rings. The Morgan fingerprint density at radius 1 is 1.33 bits per heavy atom. The first-order chi connectivity index (χ1) is 8.58. The number of halogens is 1. The predicted molar refractivity (Wildman–Crippen MR) is 68.2 cm³/mol. The summed E-state index contributed by atoms with van der Waals surface area (Å²) in [5.41, 5.74) is 0.106. The summed E-state index contributed by atoms with van der Waals surface area (Å²) in [7, 11) is 0. The molecule has 0 unspecified atom stereocenters. The number of rotatable bonds is 3. The molecule has 1 aromatic rings. The van der Waals surface area contributed by atoms with Gasteiger partial charge in [-0.3, -0.25) is 0 Å². The lowest BCUT2D eigenvalue weighted by atomic mass is 9.93. The van der Waals surface area contributed by atoms with Crippen LogP contribution in [0.4, 0.5) is 10.5 Å². The predicted octanol–water partition coefficient (Wildman–Crippen LogP) is 2.71. The third-order valence-corrected chi connectivity index (χ3v) is 3.24. The molecule has 2 amide bonds. The van der Waals surface area contributed by atoms with Crippen molar-refractivity contribution in [2.75, 3.05) is 5.32 Å². The third-order valence-electron chi connectivity index (χ3n) is 2.92. The van der Waals surface area contributed by atoms with Crippen LogP contribution in [0.5, 0.6) is 0 Å². The normalized spacial score (nSPS) is 14.7. The molecule has 1 saturated carbocycles. The fourth-order valence-corrected chi connectivity index (χ4v) is 1.94. The fraction of sp³-hybridized carbons (Fsp3) is 0.333. The molecule has 2 rings (SSSR count). The van der Waals surface area contributed by atoms with E-state index in [4.69, 9.17) is 16.7 Å². The van der Waals surface area contributed by atoms with Gasteiger partial charge in [0.1, 0.15) is 0 Å². The number of aromatic carboxylic acids is 1. The standard InChI is InChI=1S/C12H13ClN2O3/c13-9-6-2-5-8(11(16)17)10(9)15-12(18)14-7-3-1-4-7/h2,5-7H,1,3-4H2,(H,16,17)(H2,14,15,18). The zero-order valence-electron chi connectivity index (χ0n) is 9.57. The van der Waals surface area contributed by atoms with Crippen molar-refractivity contribution >= 4 is 29.3 Å². The molecule has 5 nitrogen and oxygen atoms in total. The number of anilines is 1. The van der Waals surface area contributed by atoms with E-state index < -0.39 is 12.0 Å². The molecule has 3 N–H and O–H groups in total. The van der Waals surface area contributed by atoms with Gasteiger partial charge in [-0.05, 0) is 31.4 Å². The van der Waals surface area contributed by atoms with Crippen LogP contribution in [0.2, 0.25) is 5.02 Å². The fourth-order valence-electron chi connectivity index (χ4n) is 1.72. The average molecular weight is 269 g/mol. The maximum absolute atomic E-state index is 11.7. The number of para-hydroxylation sites is 1. The van der Waals surface area contributed by atoms with E-state index in [1.807, 2.05) is 0 Å². The van der Waals surface area contributed by atoms with Crippen LogP contribution in [0, 0.1) is 0 Å². The van der Waals surface area contributed by atoms with E-state index in [1.54, 1.807) is 0 Å². The van der Waals surface area contributed by atoms with Crippen molar-refractivity contribution in [3.63, 3.8) is 0 Å². The van der Waals surface area contributed by atoms with Crippen molar-refractivity contribution < 1.29 is 14.7 Å². The lowest BCUT2D eigenvalue weighted by Gasteiger charge is -2.26. The maximum Gasteiger partial charge on any atom is 0.337 e. The monoisotopic (exact) mass is 268 g/mol. The highest BCUT2D eigenvalue weighted by molar-refractivity contribution is 6.34. The molecule has 96 valence electrons. The lowest BCUT2D eigenvalue weighted by Crippen LogP contribution is -2.42. The van der Waals surface area contributed by atoms with Crippen LogP contribution in [-0.4, -0.2) is 23.1 Å². The van der Waals surface area contributed by atoms with Crippen LogP contribution in [0.3, 0.4) is 0 Å². The summed E-state index contributed by atoms with van der Waals surface area (Å²) in [6.45, 7) is 0. The molecule has 0 atom stereocenters. The highest BCUT2D eigenvalue weighted by atomic mass is 35.5. The maximum atomic E-state index is 11.7. The number of carboxylic acid groups (broad SMARTS) is 1. The quantitative estimate of drug-likeness (QED) is 0.789. The number of benzene rings is 1. The van der Waals surface area contributed by atoms with Crippen LogP contribution in [0.1, 0.15) is 29.6 Å². The van der Waals surface area contributed by atoms with Gasteiger partial charge in [-0.1, -0.05) is 17.7 Å². The smallest absolute Gasteiger partial charge is 0.337 e. The Morgan fingerprint density at radius 3 is 2.61 bits per heavy atom. The highest BCUT2D eigenvalue weighted by Gasteiger charge is 2.21. The Kier molecular flexibility index (Phi) is 3.72. The van der Waals surface area contributed by atoms with E-state index in [1.165, 1.54) is 18.2 Å². The minimum absolute atomic E-state index is 0.0220. The van der Waals surface area contributed by atoms with Gasteiger partial charge >= 0.3 is 12.0 Å². The number of hydrogen-bond donors (Lipinski definition) is 3. The van der Waals surface area contributed by atoms with Gasteiger partial charge in [-0.2, -0.15) is 0 Å². The molecule has 1 aliphatic carbocycles. The SMILES string of the molecule is O=C(Nc1c(Cl)cccc1C(=O)O)NC1CCC1. The van der Waals surface area contributed by atoms with E-state index in [0.29, 0.717) is 0 Å². The third kappa shape index (κ3) is 2.73. The van der Waals surface area contributed by atoms with E-state index in [9.17, 15) is 9.59 Å². The molecule has 0 bridgehead atoms. The summed E-state index contributed by atoms with van der Waals surface area (Å²) in [6, 6.07) is 4.22. The molecular weight excluding hydrogens is 256 g/mol. The minimum Gasteiger partial charge on any atom is -0.478 e. The van der Waals surface area contributed by atoms with Crippen molar-refractivity contribution in [1.82, 2.24) is 5.32 Å². The Labute approximate surface area is 109 Å². The van der Waals surface area contributed by atoms with Gasteiger partial charge in [-0.15, -0.1) is 0 Å². The van der Waals surface area contributed by atoms with Crippen LogP contribution in [0.25, 0.3) is 0 Å². The van der Waals surface area contributed by atoms with Crippen molar-refractivity contribution in [3.05, 3.63) is 28.8 Å². The molecule has 1 aromatic carbocycles. The number of carboxylic acids is 1. The summed E-state index contributed by atoms with van der Waals surface area (Å²) < 4.78 is 0. The number of nitrogens with one attached hydrogen (secondary N) is 2. The molecular formula is C12H13ClN2O3. The summed E-state index contributed by atoms with van der Waals surface area (Å²) in [6.07, 6.45) is 3.03. The first-order valence-corrected chi connectivity index (χ1v) is 6.05. The second-order valence-corrected chi connectivity index (χ2v) is 4.60. The Morgan fingerprint density at radius 2 is 2.06 bits per heavy atom. The van der Waals surface area contributed by atoms with Crippen molar-refractivity contribution in [2.45, 2.75) is 25.3 Å². The Hall–Kier alpha value is -1.75. The number of urea groups is 1. The van der Waals surface area contributed by atoms with Crippen LogP contribution in [0.15, 0.2) is 18.2 Å². The summed E-state index contributed by atoms with van der Waals surface area (Å²) in [5.74, 6) is -1.13. The van der Waals surface area contributed by atoms with Gasteiger partial charge in [0, 0.05) is 6.04 Å². The van der Waals surface area contributed by atoms with Crippen LogP contribution in [-0.2, 0) is 0 Å². The largest absolute Gasteiger partial charge is 0.478 e. The molecule has 1 fully saturated rings. The Bertz CT molecular complexity index is 486. The minimum atomic E-state index is -1.13. The molecule has 18 heavy (non-hydrogen) atoms. The zero-order valence-corrected chi connectivity index (χ0v) is 10.3. The molecule has 0 saturated heterocycles. The van der Waals surface area contributed by atoms with E-state index in [2.05, 4.69) is 10.6 Å². The second-order valence-electron chi connectivity index (χ2n) is 4.19. The summed E-state index contributed by atoms with van der Waals surface area (Å²) in [4.78, 5) is 22.7. The van der Waals surface area contributed by atoms with Gasteiger partial charge in [0.05, 0.1) is 16.3 Å². The van der Waals surface area contributed by atoms with E-state index in [-0.39, 0.29) is 22.3 Å². The number of amides is 2. The summed E-state index contributed by atoms with van der Waals surface area (Å²) >= 11 is 5.90. The number of carbonyl (C=O) groups is 2.